The monoisotopic (exact) mass is 305 g/mol. The van der Waals surface area contributed by atoms with E-state index in [9.17, 15) is 13.2 Å². The molecule has 0 aromatic heterocycles. The van der Waals surface area contributed by atoms with Crippen LogP contribution in [0.3, 0.4) is 0 Å². The van der Waals surface area contributed by atoms with Gasteiger partial charge in [-0.25, -0.2) is 8.42 Å². The topological polar surface area (TPSA) is 69.7 Å². The number of carbonyl (C=O) groups is 1. The lowest BCUT2D eigenvalue weighted by Gasteiger charge is -2.27. The molecule has 0 radical (unpaired) electrons. The van der Waals surface area contributed by atoms with Gasteiger partial charge in [0, 0.05) is 32.1 Å². The summed E-state index contributed by atoms with van der Waals surface area (Å²) in [5.41, 5.74) is 0. The summed E-state index contributed by atoms with van der Waals surface area (Å²) in [4.78, 5) is 16.1. The fourth-order valence-electron chi connectivity index (χ4n) is 2.38. The lowest BCUT2D eigenvalue weighted by atomic mass is 10.2. The smallest absolute Gasteiger partial charge is 0.224 e. The molecule has 7 heteroatoms. The quantitative estimate of drug-likeness (QED) is 0.691. The van der Waals surface area contributed by atoms with Crippen molar-refractivity contribution in [1.82, 2.24) is 15.1 Å². The molecule has 1 amide bonds. The Bertz CT molecular complexity index is 409. The molecule has 1 aliphatic rings. The predicted molar refractivity (Wildman–Crippen MR) is 80.5 cm³/mol. The predicted octanol–water partition coefficient (Wildman–Crippen LogP) is -0.437. The maximum atomic E-state index is 12.2. The number of hydrogen-bond acceptors (Lipinski definition) is 5. The van der Waals surface area contributed by atoms with E-state index in [1.165, 1.54) is 0 Å². The van der Waals surface area contributed by atoms with Crippen LogP contribution < -0.4 is 5.32 Å². The average molecular weight is 305 g/mol. The van der Waals surface area contributed by atoms with Gasteiger partial charge in [-0.3, -0.25) is 4.79 Å². The molecule has 1 atom stereocenters. The first-order valence-electron chi connectivity index (χ1n) is 7.20. The number of carbonyl (C=O) groups excluding carboxylic acids is 1. The molecule has 0 spiro atoms. The Morgan fingerprint density at radius 2 is 2.00 bits per heavy atom. The fourth-order valence-corrected chi connectivity index (χ4v) is 3.82. The van der Waals surface area contributed by atoms with Crippen LogP contribution in [0.1, 0.15) is 19.8 Å². The fraction of sp³-hybridized carbons (Fsp3) is 0.923. The first kappa shape index (κ1) is 17.4. The Kier molecular flexibility index (Phi) is 6.91. The van der Waals surface area contributed by atoms with Gasteiger partial charge in [-0.05, 0) is 34.0 Å². The molecule has 1 saturated heterocycles. The summed E-state index contributed by atoms with van der Waals surface area (Å²) >= 11 is 0. The third kappa shape index (κ3) is 6.19. The van der Waals surface area contributed by atoms with Crippen molar-refractivity contribution in [3.05, 3.63) is 0 Å². The molecule has 1 aliphatic heterocycles. The zero-order chi connectivity index (χ0) is 15.2. The van der Waals surface area contributed by atoms with E-state index in [1.54, 1.807) is 0 Å². The minimum Gasteiger partial charge on any atom is -0.343 e. The van der Waals surface area contributed by atoms with E-state index in [0.717, 1.165) is 19.5 Å². The van der Waals surface area contributed by atoms with Gasteiger partial charge in [0.15, 0.2) is 9.84 Å². The highest BCUT2D eigenvalue weighted by atomic mass is 32.2. The number of amides is 1. The van der Waals surface area contributed by atoms with Gasteiger partial charge in [-0.2, -0.15) is 0 Å². The van der Waals surface area contributed by atoms with Gasteiger partial charge < -0.3 is 15.1 Å². The van der Waals surface area contributed by atoms with Crippen molar-refractivity contribution in [2.75, 3.05) is 51.8 Å². The summed E-state index contributed by atoms with van der Waals surface area (Å²) in [6, 6.07) is -0.232. The Hall–Kier alpha value is -0.660. The van der Waals surface area contributed by atoms with Gasteiger partial charge in [-0.1, -0.05) is 0 Å². The van der Waals surface area contributed by atoms with E-state index in [1.807, 2.05) is 25.9 Å². The summed E-state index contributed by atoms with van der Waals surface area (Å²) in [7, 11) is 1.04. The molecule has 118 valence electrons. The van der Waals surface area contributed by atoms with Crippen molar-refractivity contribution >= 4 is 15.7 Å². The molecule has 1 unspecified atom stereocenters. The SMILES string of the molecule is CCN(CCCN(C)C)C(=O)CC1CS(=O)(=O)CCN1. The summed E-state index contributed by atoms with van der Waals surface area (Å²) in [5, 5.41) is 3.12. The summed E-state index contributed by atoms with van der Waals surface area (Å²) < 4.78 is 23.1. The maximum Gasteiger partial charge on any atom is 0.224 e. The molecular formula is C13H27N3O3S. The number of nitrogens with zero attached hydrogens (tertiary/aromatic N) is 2. The second-order valence-electron chi connectivity index (χ2n) is 5.60. The lowest BCUT2D eigenvalue weighted by Crippen LogP contribution is -2.48. The van der Waals surface area contributed by atoms with Gasteiger partial charge in [-0.15, -0.1) is 0 Å². The van der Waals surface area contributed by atoms with Gasteiger partial charge >= 0.3 is 0 Å². The largest absolute Gasteiger partial charge is 0.343 e. The molecule has 1 heterocycles. The second kappa shape index (κ2) is 7.95. The molecule has 20 heavy (non-hydrogen) atoms. The van der Waals surface area contributed by atoms with Crippen LogP contribution in [0.5, 0.6) is 0 Å². The van der Waals surface area contributed by atoms with Gasteiger partial charge in [0.25, 0.3) is 0 Å². The molecule has 1 fully saturated rings. The molecule has 0 aromatic carbocycles. The van der Waals surface area contributed by atoms with E-state index < -0.39 is 9.84 Å². The Morgan fingerprint density at radius 3 is 2.55 bits per heavy atom. The average Bonchev–Trinajstić information content (AvgIpc) is 2.32. The van der Waals surface area contributed by atoms with Crippen LogP contribution >= 0.6 is 0 Å². The highest BCUT2D eigenvalue weighted by Crippen LogP contribution is 2.07. The van der Waals surface area contributed by atoms with Gasteiger partial charge in [0.1, 0.15) is 0 Å². The van der Waals surface area contributed by atoms with Crippen LogP contribution in [0.15, 0.2) is 0 Å². The molecule has 0 aromatic rings. The van der Waals surface area contributed by atoms with E-state index in [4.69, 9.17) is 0 Å². The van der Waals surface area contributed by atoms with Crippen molar-refractivity contribution in [2.24, 2.45) is 0 Å². The molecule has 0 saturated carbocycles. The summed E-state index contributed by atoms with van der Waals surface area (Å²) in [6.07, 6.45) is 1.21. The van der Waals surface area contributed by atoms with Crippen molar-refractivity contribution in [3.63, 3.8) is 0 Å². The molecular weight excluding hydrogens is 278 g/mol. The van der Waals surface area contributed by atoms with Crippen LogP contribution in [0, 0.1) is 0 Å². The van der Waals surface area contributed by atoms with E-state index in [0.29, 0.717) is 13.1 Å². The van der Waals surface area contributed by atoms with Crippen molar-refractivity contribution in [2.45, 2.75) is 25.8 Å². The van der Waals surface area contributed by atoms with Crippen molar-refractivity contribution < 1.29 is 13.2 Å². The number of hydrogen-bond donors (Lipinski definition) is 1. The number of sulfone groups is 1. The van der Waals surface area contributed by atoms with Crippen LogP contribution in [0.4, 0.5) is 0 Å². The summed E-state index contributed by atoms with van der Waals surface area (Å²) in [5.74, 6) is 0.298. The number of rotatable bonds is 7. The Morgan fingerprint density at radius 1 is 1.30 bits per heavy atom. The molecule has 1 rings (SSSR count). The standard InChI is InChI=1S/C13H27N3O3S/c1-4-16(8-5-7-15(2)3)13(17)10-12-11-20(18,19)9-6-14-12/h12,14H,4-11H2,1-3H3. The third-order valence-electron chi connectivity index (χ3n) is 3.49. The van der Waals surface area contributed by atoms with Crippen LogP contribution in [-0.4, -0.2) is 81.9 Å². The highest BCUT2D eigenvalue weighted by molar-refractivity contribution is 7.91. The highest BCUT2D eigenvalue weighted by Gasteiger charge is 2.27. The van der Waals surface area contributed by atoms with Crippen molar-refractivity contribution in [1.29, 1.82) is 0 Å². The van der Waals surface area contributed by atoms with Gasteiger partial charge in [0.05, 0.1) is 11.5 Å². The lowest BCUT2D eigenvalue weighted by molar-refractivity contribution is -0.131. The van der Waals surface area contributed by atoms with Gasteiger partial charge in [0.2, 0.25) is 5.91 Å². The molecule has 6 nitrogen and oxygen atoms in total. The maximum absolute atomic E-state index is 12.2. The van der Waals surface area contributed by atoms with E-state index in [2.05, 4.69) is 10.2 Å². The Labute approximate surface area is 122 Å². The molecule has 0 aliphatic carbocycles. The molecule has 0 bridgehead atoms. The second-order valence-corrected chi connectivity index (χ2v) is 7.83. The Balaban J connectivity index is 2.42. The summed E-state index contributed by atoms with van der Waals surface area (Å²) in [6.45, 7) is 4.75. The van der Waals surface area contributed by atoms with E-state index in [-0.39, 0.29) is 29.9 Å². The van der Waals surface area contributed by atoms with Crippen LogP contribution in [0.25, 0.3) is 0 Å². The van der Waals surface area contributed by atoms with Crippen molar-refractivity contribution in [3.8, 4) is 0 Å². The minimum absolute atomic E-state index is 0.0425. The first-order valence-corrected chi connectivity index (χ1v) is 9.02. The van der Waals surface area contributed by atoms with Crippen LogP contribution in [0.2, 0.25) is 0 Å². The number of nitrogens with one attached hydrogen (secondary N) is 1. The normalized spacial score (nSPS) is 21.9. The zero-order valence-corrected chi connectivity index (χ0v) is 13.6. The zero-order valence-electron chi connectivity index (χ0n) is 12.8. The third-order valence-corrected chi connectivity index (χ3v) is 5.23. The molecule has 1 N–H and O–H groups in total. The minimum atomic E-state index is -2.98. The van der Waals surface area contributed by atoms with Crippen LogP contribution in [-0.2, 0) is 14.6 Å². The first-order chi connectivity index (χ1) is 9.34. The van der Waals surface area contributed by atoms with E-state index >= 15 is 0 Å².